The highest BCUT2D eigenvalue weighted by molar-refractivity contribution is 5.88. The highest BCUT2D eigenvalue weighted by atomic mass is 16.5. The third kappa shape index (κ3) is 2.14. The van der Waals surface area contributed by atoms with Crippen LogP contribution in [0.4, 0.5) is 0 Å². The Morgan fingerprint density at radius 2 is 2.31 bits per heavy atom. The van der Waals surface area contributed by atoms with Crippen LogP contribution in [-0.2, 0) is 4.79 Å². The summed E-state index contributed by atoms with van der Waals surface area (Å²) in [6, 6.07) is 5.30. The Hall–Kier alpha value is -2.03. The maximum atomic E-state index is 11.3. The summed E-state index contributed by atoms with van der Waals surface area (Å²) < 4.78 is 10.5. The van der Waals surface area contributed by atoms with Crippen molar-refractivity contribution in [2.24, 2.45) is 0 Å². The van der Waals surface area contributed by atoms with Gasteiger partial charge < -0.3 is 9.47 Å². The molecule has 2 rings (SSSR count). The van der Waals surface area contributed by atoms with Crippen LogP contribution < -0.4 is 9.47 Å². The van der Waals surface area contributed by atoms with Gasteiger partial charge >= 0.3 is 5.97 Å². The third-order valence-electron chi connectivity index (χ3n) is 2.18. The lowest BCUT2D eigenvalue weighted by atomic mass is 10.1. The molecule has 0 aliphatic carbocycles. The quantitative estimate of drug-likeness (QED) is 0.433. The van der Waals surface area contributed by atoms with E-state index in [1.54, 1.807) is 19.1 Å². The standard InChI is InChI=1S/C13H12O3/c1-9(2)13(14)16-11-6-5-10-4-3-7-15-12(10)8-11/h3-6,8H,1,7H2,2H3. The minimum absolute atomic E-state index is 0.374. The summed E-state index contributed by atoms with van der Waals surface area (Å²) in [5.74, 6) is 0.780. The molecule has 0 N–H and O–H groups in total. The number of hydrogen-bond acceptors (Lipinski definition) is 3. The number of fused-ring (bicyclic) bond motifs is 1. The number of hydrogen-bond donors (Lipinski definition) is 0. The van der Waals surface area contributed by atoms with Crippen molar-refractivity contribution < 1.29 is 14.3 Å². The molecule has 1 aromatic carbocycles. The van der Waals surface area contributed by atoms with E-state index in [1.165, 1.54) is 0 Å². The second kappa shape index (κ2) is 4.23. The van der Waals surface area contributed by atoms with Crippen molar-refractivity contribution in [3.05, 3.63) is 42.0 Å². The number of rotatable bonds is 2. The van der Waals surface area contributed by atoms with Crippen LogP contribution in [0.15, 0.2) is 36.4 Å². The van der Waals surface area contributed by atoms with Gasteiger partial charge in [-0.25, -0.2) is 4.79 Å². The first kappa shape index (κ1) is 10.5. The summed E-state index contributed by atoms with van der Waals surface area (Å²) in [5.41, 5.74) is 1.36. The maximum Gasteiger partial charge on any atom is 0.338 e. The number of esters is 1. The molecular formula is C13H12O3. The van der Waals surface area contributed by atoms with Gasteiger partial charge in [0.05, 0.1) is 0 Å². The molecule has 0 unspecified atom stereocenters. The first-order valence-electron chi connectivity index (χ1n) is 4.98. The lowest BCUT2D eigenvalue weighted by Gasteiger charge is -2.13. The van der Waals surface area contributed by atoms with Crippen LogP contribution in [0.5, 0.6) is 11.5 Å². The lowest BCUT2D eigenvalue weighted by molar-refractivity contribution is -0.130. The molecule has 0 saturated heterocycles. The number of carbonyl (C=O) groups excluding carboxylic acids is 1. The molecule has 0 bridgehead atoms. The van der Waals surface area contributed by atoms with E-state index in [4.69, 9.17) is 9.47 Å². The van der Waals surface area contributed by atoms with Crippen LogP contribution >= 0.6 is 0 Å². The summed E-state index contributed by atoms with van der Waals surface area (Å²) in [6.07, 6.45) is 3.91. The van der Waals surface area contributed by atoms with E-state index < -0.39 is 5.97 Å². The Labute approximate surface area is 94.0 Å². The molecule has 1 heterocycles. The van der Waals surface area contributed by atoms with E-state index in [2.05, 4.69) is 6.58 Å². The Kier molecular flexibility index (Phi) is 2.77. The average Bonchev–Trinajstić information content (AvgIpc) is 2.28. The van der Waals surface area contributed by atoms with Gasteiger partial charge in [0.1, 0.15) is 18.1 Å². The Morgan fingerprint density at radius 3 is 3.06 bits per heavy atom. The van der Waals surface area contributed by atoms with Crippen LogP contribution in [0.2, 0.25) is 0 Å². The molecule has 16 heavy (non-hydrogen) atoms. The molecule has 0 radical (unpaired) electrons. The van der Waals surface area contributed by atoms with Gasteiger partial charge in [-0.1, -0.05) is 12.7 Å². The molecule has 1 aliphatic rings. The fourth-order valence-corrected chi connectivity index (χ4v) is 1.35. The Morgan fingerprint density at radius 1 is 1.50 bits per heavy atom. The predicted octanol–water partition coefficient (Wildman–Crippen LogP) is 2.57. The minimum atomic E-state index is -0.425. The zero-order valence-corrected chi connectivity index (χ0v) is 9.03. The largest absolute Gasteiger partial charge is 0.489 e. The predicted molar refractivity (Wildman–Crippen MR) is 61.4 cm³/mol. The van der Waals surface area contributed by atoms with E-state index in [0.717, 1.165) is 11.3 Å². The van der Waals surface area contributed by atoms with Crippen LogP contribution in [0.3, 0.4) is 0 Å². The SMILES string of the molecule is C=C(C)C(=O)Oc1ccc2c(c1)OCC=C2. The Balaban J connectivity index is 2.21. The van der Waals surface area contributed by atoms with Crippen LogP contribution in [0, 0.1) is 0 Å². The first-order valence-corrected chi connectivity index (χ1v) is 4.98. The van der Waals surface area contributed by atoms with Crippen molar-refractivity contribution in [3.63, 3.8) is 0 Å². The lowest BCUT2D eigenvalue weighted by Crippen LogP contribution is -2.08. The summed E-state index contributed by atoms with van der Waals surface area (Å²) in [7, 11) is 0. The smallest absolute Gasteiger partial charge is 0.338 e. The van der Waals surface area contributed by atoms with Crippen molar-refractivity contribution in [1.29, 1.82) is 0 Å². The number of carbonyl (C=O) groups is 1. The van der Waals surface area contributed by atoms with Crippen LogP contribution in [0.1, 0.15) is 12.5 Å². The minimum Gasteiger partial charge on any atom is -0.489 e. The van der Waals surface area contributed by atoms with Crippen LogP contribution in [-0.4, -0.2) is 12.6 Å². The molecule has 3 nitrogen and oxygen atoms in total. The number of benzene rings is 1. The average molecular weight is 216 g/mol. The molecule has 0 fully saturated rings. The van der Waals surface area contributed by atoms with Gasteiger partial charge in [0.2, 0.25) is 0 Å². The summed E-state index contributed by atoms with van der Waals surface area (Å²) in [5, 5.41) is 0. The van der Waals surface area contributed by atoms with Gasteiger partial charge in [-0.2, -0.15) is 0 Å². The first-order chi connectivity index (χ1) is 7.66. The zero-order chi connectivity index (χ0) is 11.5. The normalized spacial score (nSPS) is 12.6. The van der Waals surface area contributed by atoms with Crippen molar-refractivity contribution in [2.75, 3.05) is 6.61 Å². The van der Waals surface area contributed by atoms with Crippen molar-refractivity contribution in [3.8, 4) is 11.5 Å². The molecular weight excluding hydrogens is 204 g/mol. The molecule has 0 atom stereocenters. The molecule has 1 aliphatic heterocycles. The fourth-order valence-electron chi connectivity index (χ4n) is 1.35. The monoisotopic (exact) mass is 216 g/mol. The highest BCUT2D eigenvalue weighted by Crippen LogP contribution is 2.28. The molecule has 82 valence electrons. The second-order valence-electron chi connectivity index (χ2n) is 3.58. The van der Waals surface area contributed by atoms with Gasteiger partial charge in [-0.05, 0) is 25.1 Å². The summed E-state index contributed by atoms with van der Waals surface area (Å²) >= 11 is 0. The highest BCUT2D eigenvalue weighted by Gasteiger charge is 2.10. The van der Waals surface area contributed by atoms with Crippen LogP contribution in [0.25, 0.3) is 6.08 Å². The Bertz CT molecular complexity index is 472. The third-order valence-corrected chi connectivity index (χ3v) is 2.18. The molecule has 0 saturated carbocycles. The molecule has 0 amide bonds. The van der Waals surface area contributed by atoms with E-state index in [1.807, 2.05) is 18.2 Å². The van der Waals surface area contributed by atoms with E-state index in [9.17, 15) is 4.79 Å². The van der Waals surface area contributed by atoms with Crippen molar-refractivity contribution in [2.45, 2.75) is 6.92 Å². The molecule has 1 aromatic rings. The zero-order valence-electron chi connectivity index (χ0n) is 9.03. The van der Waals surface area contributed by atoms with E-state index in [-0.39, 0.29) is 0 Å². The molecule has 0 aromatic heterocycles. The summed E-state index contributed by atoms with van der Waals surface area (Å²) in [4.78, 5) is 11.3. The fraction of sp³-hybridized carbons (Fsp3) is 0.154. The van der Waals surface area contributed by atoms with Gasteiger partial charge in [0.25, 0.3) is 0 Å². The van der Waals surface area contributed by atoms with E-state index in [0.29, 0.717) is 17.9 Å². The molecule has 0 spiro atoms. The maximum absolute atomic E-state index is 11.3. The van der Waals surface area contributed by atoms with Crippen molar-refractivity contribution in [1.82, 2.24) is 0 Å². The second-order valence-corrected chi connectivity index (χ2v) is 3.58. The topological polar surface area (TPSA) is 35.5 Å². The van der Waals surface area contributed by atoms with Gasteiger partial charge in [0.15, 0.2) is 0 Å². The number of ether oxygens (including phenoxy) is 2. The van der Waals surface area contributed by atoms with Gasteiger partial charge in [-0.3, -0.25) is 0 Å². The van der Waals surface area contributed by atoms with E-state index >= 15 is 0 Å². The van der Waals surface area contributed by atoms with Gasteiger partial charge in [-0.15, -0.1) is 0 Å². The van der Waals surface area contributed by atoms with Gasteiger partial charge in [0, 0.05) is 17.2 Å². The summed E-state index contributed by atoms with van der Waals surface area (Å²) in [6.45, 7) is 5.68. The van der Waals surface area contributed by atoms with Crippen molar-refractivity contribution >= 4 is 12.0 Å². The molecule has 3 heteroatoms.